The zero-order valence-electron chi connectivity index (χ0n) is 12.8. The quantitative estimate of drug-likeness (QED) is 0.867. The molecule has 1 aliphatic heterocycles. The molecule has 0 bridgehead atoms. The van der Waals surface area contributed by atoms with E-state index in [1.54, 1.807) is 17.0 Å². The van der Waals surface area contributed by atoms with Gasteiger partial charge in [0.2, 0.25) is 11.8 Å². The second kappa shape index (κ2) is 7.11. The van der Waals surface area contributed by atoms with Crippen molar-refractivity contribution in [2.24, 2.45) is 11.8 Å². The Morgan fingerprint density at radius 3 is 2.95 bits per heavy atom. The maximum absolute atomic E-state index is 12.2. The molecule has 1 aromatic carbocycles. The van der Waals surface area contributed by atoms with Crippen molar-refractivity contribution >= 4 is 29.1 Å². The number of carbonyl (C=O) groups excluding carboxylic acids is 2. The van der Waals surface area contributed by atoms with E-state index in [0.29, 0.717) is 18.1 Å². The van der Waals surface area contributed by atoms with Gasteiger partial charge in [0.05, 0.1) is 5.92 Å². The van der Waals surface area contributed by atoms with E-state index >= 15 is 0 Å². The lowest BCUT2D eigenvalue weighted by Crippen LogP contribution is -2.36. The number of benzene rings is 1. The third-order valence-electron chi connectivity index (χ3n) is 3.89. The van der Waals surface area contributed by atoms with Crippen LogP contribution in [0.4, 0.5) is 5.69 Å². The first kappa shape index (κ1) is 16.8. The van der Waals surface area contributed by atoms with E-state index in [-0.39, 0.29) is 36.7 Å². The number of hydrogen-bond donors (Lipinski definition) is 2. The fourth-order valence-corrected chi connectivity index (χ4v) is 2.64. The van der Waals surface area contributed by atoms with Gasteiger partial charge in [0, 0.05) is 36.8 Å². The van der Waals surface area contributed by atoms with Crippen LogP contribution in [0.1, 0.15) is 18.9 Å². The number of hydrogen-bond acceptors (Lipinski definition) is 3. The molecule has 22 heavy (non-hydrogen) atoms. The predicted molar refractivity (Wildman–Crippen MR) is 85.9 cm³/mol. The summed E-state index contributed by atoms with van der Waals surface area (Å²) in [6, 6.07) is 5.39. The van der Waals surface area contributed by atoms with Gasteiger partial charge < -0.3 is 15.3 Å². The van der Waals surface area contributed by atoms with Crippen LogP contribution in [0.3, 0.4) is 0 Å². The number of amides is 2. The SMILES string of the molecule is Cc1ccc(Cl)cc1N1CC(C(=O)NCC(C)CO)CC1=O. The van der Waals surface area contributed by atoms with Gasteiger partial charge in [-0.1, -0.05) is 24.6 Å². The molecule has 0 aromatic heterocycles. The van der Waals surface area contributed by atoms with Gasteiger partial charge in [-0.05, 0) is 30.5 Å². The third kappa shape index (κ3) is 3.78. The molecular weight excluding hydrogens is 304 g/mol. The third-order valence-corrected chi connectivity index (χ3v) is 4.13. The van der Waals surface area contributed by atoms with E-state index < -0.39 is 0 Å². The lowest BCUT2D eigenvalue weighted by atomic mass is 10.1. The second-order valence-corrected chi connectivity index (χ2v) is 6.31. The standard InChI is InChI=1S/C16H21ClN2O3/c1-10(9-20)7-18-16(22)12-5-15(21)19(8-12)14-6-13(17)4-3-11(14)2/h3-4,6,10,12,20H,5,7-9H2,1-2H3,(H,18,22). The summed E-state index contributed by atoms with van der Waals surface area (Å²) in [4.78, 5) is 26.0. The molecule has 2 unspecified atom stereocenters. The van der Waals surface area contributed by atoms with E-state index in [1.165, 1.54) is 0 Å². The average molecular weight is 325 g/mol. The van der Waals surface area contributed by atoms with Crippen LogP contribution in [0.2, 0.25) is 5.02 Å². The number of aliphatic hydroxyl groups excluding tert-OH is 1. The van der Waals surface area contributed by atoms with Crippen LogP contribution in [0.25, 0.3) is 0 Å². The average Bonchev–Trinajstić information content (AvgIpc) is 2.88. The number of aryl methyl sites for hydroxylation is 1. The molecule has 0 aliphatic carbocycles. The summed E-state index contributed by atoms with van der Waals surface area (Å²) in [6.45, 7) is 4.56. The summed E-state index contributed by atoms with van der Waals surface area (Å²) in [7, 11) is 0. The summed E-state index contributed by atoms with van der Waals surface area (Å²) in [5, 5.41) is 12.3. The highest BCUT2D eigenvalue weighted by Gasteiger charge is 2.35. The summed E-state index contributed by atoms with van der Waals surface area (Å²) < 4.78 is 0. The molecule has 1 saturated heterocycles. The van der Waals surface area contributed by atoms with Crippen molar-refractivity contribution in [2.75, 3.05) is 24.6 Å². The minimum absolute atomic E-state index is 0.00679. The van der Waals surface area contributed by atoms with Crippen LogP contribution in [0.15, 0.2) is 18.2 Å². The zero-order valence-corrected chi connectivity index (χ0v) is 13.6. The van der Waals surface area contributed by atoms with Crippen molar-refractivity contribution in [3.05, 3.63) is 28.8 Å². The molecule has 2 N–H and O–H groups in total. The summed E-state index contributed by atoms with van der Waals surface area (Å²) >= 11 is 6.00. The van der Waals surface area contributed by atoms with Crippen LogP contribution in [0, 0.1) is 18.8 Å². The summed E-state index contributed by atoms with van der Waals surface area (Å²) in [6.07, 6.45) is 0.200. The number of carbonyl (C=O) groups is 2. The summed E-state index contributed by atoms with van der Waals surface area (Å²) in [5.74, 6) is -0.569. The van der Waals surface area contributed by atoms with Gasteiger partial charge >= 0.3 is 0 Å². The summed E-state index contributed by atoms with van der Waals surface area (Å²) in [5.41, 5.74) is 1.71. The van der Waals surface area contributed by atoms with Crippen LogP contribution in [-0.2, 0) is 9.59 Å². The Labute approximate surface area is 135 Å². The minimum atomic E-state index is -0.364. The van der Waals surface area contributed by atoms with Crippen molar-refractivity contribution in [1.29, 1.82) is 0 Å². The highest BCUT2D eigenvalue weighted by molar-refractivity contribution is 6.31. The first-order valence-corrected chi connectivity index (χ1v) is 7.75. The molecule has 2 rings (SSSR count). The van der Waals surface area contributed by atoms with Crippen molar-refractivity contribution in [2.45, 2.75) is 20.3 Å². The van der Waals surface area contributed by atoms with E-state index in [1.807, 2.05) is 19.9 Å². The van der Waals surface area contributed by atoms with Crippen molar-refractivity contribution < 1.29 is 14.7 Å². The smallest absolute Gasteiger partial charge is 0.227 e. The first-order chi connectivity index (χ1) is 10.4. The fourth-order valence-electron chi connectivity index (χ4n) is 2.47. The Hall–Kier alpha value is -1.59. The maximum atomic E-state index is 12.2. The van der Waals surface area contributed by atoms with Gasteiger partial charge in [-0.3, -0.25) is 9.59 Å². The minimum Gasteiger partial charge on any atom is -0.396 e. The van der Waals surface area contributed by atoms with E-state index in [9.17, 15) is 9.59 Å². The van der Waals surface area contributed by atoms with Crippen molar-refractivity contribution in [1.82, 2.24) is 5.32 Å². The molecule has 0 spiro atoms. The van der Waals surface area contributed by atoms with Crippen LogP contribution < -0.4 is 10.2 Å². The monoisotopic (exact) mass is 324 g/mol. The molecule has 1 aliphatic rings. The Morgan fingerprint density at radius 1 is 1.55 bits per heavy atom. The number of aliphatic hydroxyl groups is 1. The molecule has 0 radical (unpaired) electrons. The Morgan fingerprint density at radius 2 is 2.27 bits per heavy atom. The van der Waals surface area contributed by atoms with Gasteiger partial charge in [0.15, 0.2) is 0 Å². The number of nitrogens with zero attached hydrogens (tertiary/aromatic N) is 1. The highest BCUT2D eigenvalue weighted by Crippen LogP contribution is 2.30. The molecular formula is C16H21ClN2O3. The second-order valence-electron chi connectivity index (χ2n) is 5.87. The van der Waals surface area contributed by atoms with Gasteiger partial charge in [-0.25, -0.2) is 0 Å². The number of nitrogens with one attached hydrogen (secondary N) is 1. The van der Waals surface area contributed by atoms with Crippen LogP contribution >= 0.6 is 11.6 Å². The maximum Gasteiger partial charge on any atom is 0.227 e. The predicted octanol–water partition coefficient (Wildman–Crippen LogP) is 1.75. The molecule has 2 atom stereocenters. The van der Waals surface area contributed by atoms with Gasteiger partial charge in [-0.2, -0.15) is 0 Å². The fraction of sp³-hybridized carbons (Fsp3) is 0.500. The Kier molecular flexibility index (Phi) is 5.42. The van der Waals surface area contributed by atoms with Crippen LogP contribution in [0.5, 0.6) is 0 Å². The van der Waals surface area contributed by atoms with E-state index in [0.717, 1.165) is 11.3 Å². The molecule has 120 valence electrons. The lowest BCUT2D eigenvalue weighted by Gasteiger charge is -2.19. The highest BCUT2D eigenvalue weighted by atomic mass is 35.5. The number of halogens is 1. The molecule has 1 heterocycles. The molecule has 1 fully saturated rings. The first-order valence-electron chi connectivity index (χ1n) is 7.37. The van der Waals surface area contributed by atoms with Crippen molar-refractivity contribution in [3.63, 3.8) is 0 Å². The van der Waals surface area contributed by atoms with E-state index in [4.69, 9.17) is 16.7 Å². The van der Waals surface area contributed by atoms with E-state index in [2.05, 4.69) is 5.32 Å². The van der Waals surface area contributed by atoms with Crippen molar-refractivity contribution in [3.8, 4) is 0 Å². The van der Waals surface area contributed by atoms with Crippen LogP contribution in [-0.4, -0.2) is 36.6 Å². The largest absolute Gasteiger partial charge is 0.396 e. The van der Waals surface area contributed by atoms with Gasteiger partial charge in [-0.15, -0.1) is 0 Å². The number of anilines is 1. The molecule has 2 amide bonds. The Balaban J connectivity index is 2.04. The Bertz CT molecular complexity index is 577. The zero-order chi connectivity index (χ0) is 16.3. The molecule has 5 nitrogen and oxygen atoms in total. The molecule has 0 saturated carbocycles. The normalized spacial score (nSPS) is 19.4. The topological polar surface area (TPSA) is 69.6 Å². The lowest BCUT2D eigenvalue weighted by molar-refractivity contribution is -0.126. The number of rotatable bonds is 5. The molecule has 6 heteroatoms. The molecule has 1 aromatic rings. The van der Waals surface area contributed by atoms with Gasteiger partial charge in [0.25, 0.3) is 0 Å². The van der Waals surface area contributed by atoms with Gasteiger partial charge in [0.1, 0.15) is 0 Å².